The second kappa shape index (κ2) is 3.91. The van der Waals surface area contributed by atoms with Crippen LogP contribution >= 0.6 is 0 Å². The van der Waals surface area contributed by atoms with Crippen molar-refractivity contribution in [2.45, 2.75) is 18.9 Å². The molecule has 0 radical (unpaired) electrons. The number of rotatable bonds is 4. The molecule has 0 saturated carbocycles. The maximum absolute atomic E-state index is 12.0. The van der Waals surface area contributed by atoms with Gasteiger partial charge in [0.15, 0.2) is 6.36 Å². The molecule has 0 heterocycles. The molecule has 0 aromatic carbocycles. The van der Waals surface area contributed by atoms with Gasteiger partial charge in [-0.1, -0.05) is 0 Å². The zero-order chi connectivity index (χ0) is 9.07. The van der Waals surface area contributed by atoms with E-state index in [4.69, 9.17) is 15.2 Å². The molecule has 11 heavy (non-hydrogen) atoms. The molecule has 0 aliphatic rings. The standard InChI is InChI=1S/C3H6BF3O4/c5-2(11-4(9)10)1-3(6,7)8/h2,8-10H,1H2. The van der Waals surface area contributed by atoms with E-state index in [1.165, 1.54) is 0 Å². The summed E-state index contributed by atoms with van der Waals surface area (Å²) < 4.78 is 38.4. The second-order valence-electron chi connectivity index (χ2n) is 1.74. The number of aliphatic hydroxyl groups is 1. The first-order chi connectivity index (χ1) is 4.81. The van der Waals surface area contributed by atoms with Crippen LogP contribution in [0.15, 0.2) is 0 Å². The van der Waals surface area contributed by atoms with Crippen molar-refractivity contribution in [2.24, 2.45) is 0 Å². The Morgan fingerprint density at radius 2 is 1.91 bits per heavy atom. The summed E-state index contributed by atoms with van der Waals surface area (Å²) in [5, 5.41) is 23.5. The Kier molecular flexibility index (Phi) is 3.80. The molecule has 0 fully saturated rings. The zero-order valence-electron chi connectivity index (χ0n) is 5.25. The topological polar surface area (TPSA) is 69.9 Å². The molecule has 0 aliphatic carbocycles. The van der Waals surface area contributed by atoms with Crippen LogP contribution in [0.5, 0.6) is 0 Å². The van der Waals surface area contributed by atoms with Crippen molar-refractivity contribution in [3.63, 3.8) is 0 Å². The Labute approximate surface area is 60.4 Å². The van der Waals surface area contributed by atoms with Gasteiger partial charge in [0, 0.05) is 0 Å². The van der Waals surface area contributed by atoms with Gasteiger partial charge in [-0.2, -0.15) is 8.78 Å². The van der Waals surface area contributed by atoms with E-state index in [9.17, 15) is 13.2 Å². The van der Waals surface area contributed by atoms with Crippen molar-refractivity contribution >= 4 is 7.32 Å². The summed E-state index contributed by atoms with van der Waals surface area (Å²) in [7, 11) is -2.47. The van der Waals surface area contributed by atoms with E-state index in [1.54, 1.807) is 0 Å². The predicted molar refractivity (Wildman–Crippen MR) is 28.0 cm³/mol. The SMILES string of the molecule is OB(O)OC(F)CC(O)(F)F. The maximum Gasteiger partial charge on any atom is 0.636 e. The van der Waals surface area contributed by atoms with Crippen LogP contribution < -0.4 is 0 Å². The summed E-state index contributed by atoms with van der Waals surface area (Å²) >= 11 is 0. The van der Waals surface area contributed by atoms with E-state index in [0.29, 0.717) is 0 Å². The average Bonchev–Trinajstić information content (AvgIpc) is 1.53. The van der Waals surface area contributed by atoms with Crippen LogP contribution in [-0.2, 0) is 4.65 Å². The summed E-state index contributed by atoms with van der Waals surface area (Å²) in [4.78, 5) is 0. The summed E-state index contributed by atoms with van der Waals surface area (Å²) in [6.07, 6.45) is -8.46. The van der Waals surface area contributed by atoms with Gasteiger partial charge in [-0.3, -0.25) is 0 Å². The molecule has 8 heteroatoms. The van der Waals surface area contributed by atoms with E-state index in [2.05, 4.69) is 4.65 Å². The lowest BCUT2D eigenvalue weighted by atomic mass is 10.2. The van der Waals surface area contributed by atoms with Crippen LogP contribution in [-0.4, -0.2) is 34.9 Å². The molecule has 3 N–H and O–H groups in total. The van der Waals surface area contributed by atoms with Crippen LogP contribution in [0.3, 0.4) is 0 Å². The molecular weight excluding hydrogens is 168 g/mol. The molecule has 0 rings (SSSR count). The second-order valence-corrected chi connectivity index (χ2v) is 1.74. The van der Waals surface area contributed by atoms with Gasteiger partial charge in [-0.05, 0) is 0 Å². The molecule has 0 spiro atoms. The van der Waals surface area contributed by atoms with Crippen molar-refractivity contribution in [3.05, 3.63) is 0 Å². The molecule has 0 saturated heterocycles. The van der Waals surface area contributed by atoms with E-state index in [1.807, 2.05) is 0 Å². The van der Waals surface area contributed by atoms with Gasteiger partial charge in [0.2, 0.25) is 0 Å². The number of hydrogen-bond acceptors (Lipinski definition) is 4. The molecule has 0 aliphatic heterocycles. The molecule has 0 bridgehead atoms. The highest BCUT2D eigenvalue weighted by Crippen LogP contribution is 2.18. The highest BCUT2D eigenvalue weighted by Gasteiger charge is 2.32. The van der Waals surface area contributed by atoms with Crippen LogP contribution in [0.1, 0.15) is 6.42 Å². The van der Waals surface area contributed by atoms with Crippen LogP contribution in [0.25, 0.3) is 0 Å². The van der Waals surface area contributed by atoms with Crippen molar-refractivity contribution in [1.29, 1.82) is 0 Å². The Morgan fingerprint density at radius 1 is 1.45 bits per heavy atom. The number of hydrogen-bond donors (Lipinski definition) is 3. The third kappa shape index (κ3) is 7.59. The zero-order valence-corrected chi connectivity index (χ0v) is 5.25. The monoisotopic (exact) mass is 174 g/mol. The lowest BCUT2D eigenvalue weighted by molar-refractivity contribution is -0.226. The quantitative estimate of drug-likeness (QED) is 0.490. The van der Waals surface area contributed by atoms with Crippen molar-refractivity contribution in [3.8, 4) is 0 Å². The third-order valence-corrected chi connectivity index (χ3v) is 0.675. The highest BCUT2D eigenvalue weighted by atomic mass is 19.3. The Balaban J connectivity index is 3.61. The van der Waals surface area contributed by atoms with Gasteiger partial charge in [0.1, 0.15) is 0 Å². The van der Waals surface area contributed by atoms with Gasteiger partial charge in [-0.15, -0.1) is 0 Å². The van der Waals surface area contributed by atoms with E-state index in [0.717, 1.165) is 0 Å². The first kappa shape index (κ1) is 10.7. The van der Waals surface area contributed by atoms with Gasteiger partial charge < -0.3 is 19.8 Å². The summed E-state index contributed by atoms with van der Waals surface area (Å²) in [5.41, 5.74) is 0. The smallest absolute Gasteiger partial charge is 0.402 e. The fourth-order valence-corrected chi connectivity index (χ4v) is 0.373. The predicted octanol–water partition coefficient (Wildman–Crippen LogP) is -0.757. The normalized spacial score (nSPS) is 14.7. The Bertz CT molecular complexity index is 116. The minimum absolute atomic E-state index is 1.63. The van der Waals surface area contributed by atoms with Gasteiger partial charge >= 0.3 is 13.4 Å². The van der Waals surface area contributed by atoms with Gasteiger partial charge in [0.05, 0.1) is 6.42 Å². The fraction of sp³-hybridized carbons (Fsp3) is 1.00. The molecule has 0 amide bonds. The van der Waals surface area contributed by atoms with E-state index in [-0.39, 0.29) is 0 Å². The van der Waals surface area contributed by atoms with E-state index < -0.39 is 26.2 Å². The van der Waals surface area contributed by atoms with Gasteiger partial charge in [0.25, 0.3) is 0 Å². The Morgan fingerprint density at radius 3 is 2.18 bits per heavy atom. The largest absolute Gasteiger partial charge is 0.636 e. The van der Waals surface area contributed by atoms with Crippen molar-refractivity contribution in [2.75, 3.05) is 0 Å². The molecule has 0 aromatic rings. The maximum atomic E-state index is 12.0. The number of alkyl halides is 3. The molecule has 1 atom stereocenters. The lowest BCUT2D eigenvalue weighted by Crippen LogP contribution is -2.28. The van der Waals surface area contributed by atoms with Gasteiger partial charge in [-0.25, -0.2) is 4.39 Å². The first-order valence-corrected chi connectivity index (χ1v) is 2.57. The molecular formula is C3H6BF3O4. The summed E-state index contributed by atoms with van der Waals surface area (Å²) in [5.74, 6) is 0. The summed E-state index contributed by atoms with van der Waals surface area (Å²) in [6.45, 7) is 0. The average molecular weight is 174 g/mol. The minimum atomic E-state index is -4.21. The van der Waals surface area contributed by atoms with Crippen LogP contribution in [0.4, 0.5) is 13.2 Å². The Hall–Kier alpha value is -0.305. The molecule has 1 unspecified atom stereocenters. The lowest BCUT2D eigenvalue weighted by Gasteiger charge is -2.12. The number of halogens is 3. The van der Waals surface area contributed by atoms with Crippen LogP contribution in [0, 0.1) is 0 Å². The first-order valence-electron chi connectivity index (χ1n) is 2.57. The third-order valence-electron chi connectivity index (χ3n) is 0.675. The molecule has 4 nitrogen and oxygen atoms in total. The molecule has 66 valence electrons. The highest BCUT2D eigenvalue weighted by molar-refractivity contribution is 6.32. The van der Waals surface area contributed by atoms with Crippen molar-refractivity contribution in [1.82, 2.24) is 0 Å². The van der Waals surface area contributed by atoms with Crippen LogP contribution in [0.2, 0.25) is 0 Å². The summed E-state index contributed by atoms with van der Waals surface area (Å²) in [6, 6.07) is 0. The fourth-order valence-electron chi connectivity index (χ4n) is 0.373. The molecule has 0 aromatic heterocycles. The van der Waals surface area contributed by atoms with E-state index >= 15 is 0 Å². The van der Waals surface area contributed by atoms with Crippen molar-refractivity contribution < 1.29 is 33.0 Å². The minimum Gasteiger partial charge on any atom is -0.402 e.